The molecule has 0 saturated heterocycles. The summed E-state index contributed by atoms with van der Waals surface area (Å²) in [6.07, 6.45) is 0. The van der Waals surface area contributed by atoms with Crippen LogP contribution in [0.3, 0.4) is 0 Å². The summed E-state index contributed by atoms with van der Waals surface area (Å²) in [5.74, 6) is 1.64. The second-order valence-electron chi connectivity index (χ2n) is 4.95. The quantitative estimate of drug-likeness (QED) is 0.584. The van der Waals surface area contributed by atoms with Crippen molar-refractivity contribution in [3.63, 3.8) is 0 Å². The van der Waals surface area contributed by atoms with Gasteiger partial charge in [-0.15, -0.1) is 0 Å². The highest BCUT2D eigenvalue weighted by Gasteiger charge is 2.22. The standard InChI is InChI=1S/C18H29NO4/c1-6-19(7-2)13-15(20)14-11-12-16(21-8-3)18(23-10-5)17(14)22-9-4/h11-12H,6-10,13H2,1-5H3. The van der Waals surface area contributed by atoms with Crippen molar-refractivity contribution in [1.29, 1.82) is 0 Å². The fourth-order valence-corrected chi connectivity index (χ4v) is 2.34. The molecule has 1 aromatic carbocycles. The molecule has 0 radical (unpaired) electrons. The molecule has 0 bridgehead atoms. The van der Waals surface area contributed by atoms with Gasteiger partial charge in [0.05, 0.1) is 31.9 Å². The van der Waals surface area contributed by atoms with E-state index in [0.29, 0.717) is 49.2 Å². The molecule has 5 heteroatoms. The van der Waals surface area contributed by atoms with E-state index in [0.717, 1.165) is 13.1 Å². The van der Waals surface area contributed by atoms with E-state index in [2.05, 4.69) is 4.90 Å². The lowest BCUT2D eigenvalue weighted by molar-refractivity contribution is 0.0932. The molecule has 0 aliphatic heterocycles. The van der Waals surface area contributed by atoms with Gasteiger partial charge in [0.25, 0.3) is 0 Å². The van der Waals surface area contributed by atoms with Crippen LogP contribution in [0, 0.1) is 0 Å². The Morgan fingerprint density at radius 1 is 0.870 bits per heavy atom. The summed E-state index contributed by atoms with van der Waals surface area (Å²) in [5, 5.41) is 0. The zero-order valence-corrected chi connectivity index (χ0v) is 15.0. The third-order valence-electron chi connectivity index (χ3n) is 3.52. The number of benzene rings is 1. The lowest BCUT2D eigenvalue weighted by Crippen LogP contribution is -2.29. The van der Waals surface area contributed by atoms with E-state index < -0.39 is 0 Å². The molecule has 1 aromatic rings. The van der Waals surface area contributed by atoms with Gasteiger partial charge >= 0.3 is 0 Å². The number of hydrogen-bond donors (Lipinski definition) is 0. The maximum absolute atomic E-state index is 12.7. The van der Waals surface area contributed by atoms with Crippen LogP contribution in [-0.2, 0) is 0 Å². The van der Waals surface area contributed by atoms with Crippen molar-refractivity contribution in [2.75, 3.05) is 39.5 Å². The second kappa shape index (κ2) is 10.1. The predicted octanol–water partition coefficient (Wildman–Crippen LogP) is 3.41. The highest BCUT2D eigenvalue weighted by molar-refractivity contribution is 6.01. The molecule has 0 fully saturated rings. The summed E-state index contributed by atoms with van der Waals surface area (Å²) >= 11 is 0. The second-order valence-corrected chi connectivity index (χ2v) is 4.95. The first kappa shape index (κ1) is 19.3. The first-order valence-electron chi connectivity index (χ1n) is 8.43. The van der Waals surface area contributed by atoms with Crippen molar-refractivity contribution in [3.8, 4) is 17.2 Å². The fraction of sp³-hybridized carbons (Fsp3) is 0.611. The van der Waals surface area contributed by atoms with Crippen molar-refractivity contribution in [3.05, 3.63) is 17.7 Å². The number of ketones is 1. The molecule has 0 amide bonds. The normalized spacial score (nSPS) is 10.7. The first-order valence-corrected chi connectivity index (χ1v) is 8.43. The Morgan fingerprint density at radius 2 is 1.43 bits per heavy atom. The third kappa shape index (κ3) is 5.13. The Balaban J connectivity index is 3.24. The van der Waals surface area contributed by atoms with Crippen molar-refractivity contribution in [2.24, 2.45) is 0 Å². The minimum atomic E-state index is 0.0288. The molecule has 0 unspecified atom stereocenters. The highest BCUT2D eigenvalue weighted by atomic mass is 16.5. The van der Waals surface area contributed by atoms with Crippen LogP contribution >= 0.6 is 0 Å². The highest BCUT2D eigenvalue weighted by Crippen LogP contribution is 2.40. The first-order chi connectivity index (χ1) is 11.1. The Hall–Kier alpha value is -1.75. The van der Waals surface area contributed by atoms with Gasteiger partial charge in [0.15, 0.2) is 17.3 Å². The van der Waals surface area contributed by atoms with Gasteiger partial charge < -0.3 is 14.2 Å². The lowest BCUT2D eigenvalue weighted by atomic mass is 10.1. The van der Waals surface area contributed by atoms with Crippen LogP contribution in [0.1, 0.15) is 45.0 Å². The smallest absolute Gasteiger partial charge is 0.204 e. The minimum Gasteiger partial charge on any atom is -0.490 e. The van der Waals surface area contributed by atoms with Gasteiger partial charge in [-0.3, -0.25) is 9.69 Å². The van der Waals surface area contributed by atoms with Gasteiger partial charge in [-0.1, -0.05) is 13.8 Å². The summed E-state index contributed by atoms with van der Waals surface area (Å²) in [6, 6.07) is 3.55. The molecule has 1 rings (SSSR count). The predicted molar refractivity (Wildman–Crippen MR) is 92.1 cm³/mol. The van der Waals surface area contributed by atoms with Crippen LogP contribution in [0.4, 0.5) is 0 Å². The van der Waals surface area contributed by atoms with Crippen LogP contribution in [0.2, 0.25) is 0 Å². The van der Waals surface area contributed by atoms with E-state index >= 15 is 0 Å². The Bertz CT molecular complexity index is 498. The minimum absolute atomic E-state index is 0.0288. The molecule has 0 aromatic heterocycles. The van der Waals surface area contributed by atoms with Crippen LogP contribution in [0.15, 0.2) is 12.1 Å². The summed E-state index contributed by atoms with van der Waals surface area (Å²) in [5.41, 5.74) is 0.547. The van der Waals surface area contributed by atoms with E-state index in [-0.39, 0.29) is 5.78 Å². The molecule has 0 N–H and O–H groups in total. The molecule has 0 spiro atoms. The Morgan fingerprint density at radius 3 is 1.96 bits per heavy atom. The molecular formula is C18H29NO4. The molecule has 0 aliphatic rings. The van der Waals surface area contributed by atoms with Gasteiger partial charge in [-0.05, 0) is 46.0 Å². The van der Waals surface area contributed by atoms with Gasteiger partial charge in [0, 0.05) is 0 Å². The van der Waals surface area contributed by atoms with E-state index in [1.165, 1.54) is 0 Å². The average molecular weight is 323 g/mol. The summed E-state index contributed by atoms with van der Waals surface area (Å²) < 4.78 is 17.0. The third-order valence-corrected chi connectivity index (χ3v) is 3.52. The SMILES string of the molecule is CCOc1ccc(C(=O)CN(CC)CC)c(OCC)c1OCC. The summed E-state index contributed by atoms with van der Waals surface area (Å²) in [6.45, 7) is 13.3. The number of ether oxygens (including phenoxy) is 3. The number of rotatable bonds is 11. The number of hydrogen-bond acceptors (Lipinski definition) is 5. The van der Waals surface area contributed by atoms with E-state index in [4.69, 9.17) is 14.2 Å². The molecule has 23 heavy (non-hydrogen) atoms. The summed E-state index contributed by atoms with van der Waals surface area (Å²) in [7, 11) is 0. The van der Waals surface area contributed by atoms with E-state index in [1.54, 1.807) is 12.1 Å². The molecule has 0 atom stereocenters. The number of nitrogens with zero attached hydrogens (tertiary/aromatic N) is 1. The molecule has 130 valence electrons. The number of likely N-dealkylation sites (N-methyl/N-ethyl adjacent to an activating group) is 1. The number of carbonyl (C=O) groups excluding carboxylic acids is 1. The number of Topliss-reactive ketones (excluding diaryl/α,β-unsaturated/α-hetero) is 1. The van der Waals surface area contributed by atoms with Crippen molar-refractivity contribution in [1.82, 2.24) is 4.90 Å². The maximum Gasteiger partial charge on any atom is 0.204 e. The average Bonchev–Trinajstić information content (AvgIpc) is 2.55. The Labute approximate surface area is 139 Å². The van der Waals surface area contributed by atoms with Crippen LogP contribution < -0.4 is 14.2 Å². The molecule has 0 heterocycles. The largest absolute Gasteiger partial charge is 0.490 e. The monoisotopic (exact) mass is 323 g/mol. The zero-order chi connectivity index (χ0) is 17.2. The topological polar surface area (TPSA) is 48.0 Å². The molecule has 0 aliphatic carbocycles. The number of carbonyl (C=O) groups is 1. The summed E-state index contributed by atoms with van der Waals surface area (Å²) in [4.78, 5) is 14.8. The van der Waals surface area contributed by atoms with Gasteiger partial charge in [-0.2, -0.15) is 0 Å². The van der Waals surface area contributed by atoms with Gasteiger partial charge in [-0.25, -0.2) is 0 Å². The van der Waals surface area contributed by atoms with Crippen molar-refractivity contribution < 1.29 is 19.0 Å². The van der Waals surface area contributed by atoms with Crippen LogP contribution in [0.25, 0.3) is 0 Å². The van der Waals surface area contributed by atoms with Crippen molar-refractivity contribution in [2.45, 2.75) is 34.6 Å². The molecule has 5 nitrogen and oxygen atoms in total. The van der Waals surface area contributed by atoms with Gasteiger partial charge in [0.2, 0.25) is 5.75 Å². The van der Waals surface area contributed by atoms with Crippen LogP contribution in [-0.4, -0.2) is 50.1 Å². The molecule has 0 saturated carbocycles. The Kier molecular flexibility index (Phi) is 8.48. The zero-order valence-electron chi connectivity index (χ0n) is 15.0. The van der Waals surface area contributed by atoms with E-state index in [1.807, 2.05) is 34.6 Å². The van der Waals surface area contributed by atoms with Gasteiger partial charge in [0.1, 0.15) is 0 Å². The van der Waals surface area contributed by atoms with Crippen molar-refractivity contribution >= 4 is 5.78 Å². The lowest BCUT2D eigenvalue weighted by Gasteiger charge is -2.20. The fourth-order valence-electron chi connectivity index (χ4n) is 2.34. The van der Waals surface area contributed by atoms with Crippen LogP contribution in [0.5, 0.6) is 17.2 Å². The van der Waals surface area contributed by atoms with E-state index in [9.17, 15) is 4.79 Å². The molecular weight excluding hydrogens is 294 g/mol. The maximum atomic E-state index is 12.7.